The van der Waals surface area contributed by atoms with Crippen LogP contribution in [0.25, 0.3) is 0 Å². The van der Waals surface area contributed by atoms with E-state index in [0.29, 0.717) is 5.92 Å². The Hall–Kier alpha value is -3.52. The topological polar surface area (TPSA) is 52.0 Å². The van der Waals surface area contributed by atoms with Crippen molar-refractivity contribution < 1.29 is 0 Å². The van der Waals surface area contributed by atoms with Crippen LogP contribution in [-0.2, 0) is 18.3 Å². The lowest BCUT2D eigenvalue weighted by atomic mass is 9.63. The van der Waals surface area contributed by atoms with E-state index in [1.54, 1.807) is 5.57 Å². The summed E-state index contributed by atoms with van der Waals surface area (Å²) in [6.07, 6.45) is 15.1. The Morgan fingerprint density at radius 3 is 1.91 bits per heavy atom. The van der Waals surface area contributed by atoms with Gasteiger partial charge in [0, 0.05) is 16.8 Å². The van der Waals surface area contributed by atoms with Crippen molar-refractivity contribution >= 4 is 11.4 Å². The smallest absolute Gasteiger partial charge is 0.0314 e. The van der Waals surface area contributed by atoms with Crippen LogP contribution in [0.5, 0.6) is 0 Å². The first-order chi connectivity index (χ1) is 16.5. The third-order valence-electron chi connectivity index (χ3n) is 7.62. The highest BCUT2D eigenvalue weighted by Crippen LogP contribution is 2.47. The van der Waals surface area contributed by atoms with Crippen molar-refractivity contribution in [2.45, 2.75) is 44.4 Å². The fourth-order valence-corrected chi connectivity index (χ4v) is 5.55. The van der Waals surface area contributed by atoms with E-state index in [1.807, 2.05) is 24.3 Å². The van der Waals surface area contributed by atoms with Gasteiger partial charge in [-0.2, -0.15) is 0 Å². The molecular formula is C32H34N2. The molecule has 2 aliphatic carbocycles. The number of fused-ring (bicyclic) bond motifs is 1. The summed E-state index contributed by atoms with van der Waals surface area (Å²) >= 11 is 0. The van der Waals surface area contributed by atoms with Crippen molar-refractivity contribution in [2.75, 3.05) is 11.5 Å². The van der Waals surface area contributed by atoms with Crippen LogP contribution in [0.1, 0.15) is 48.4 Å². The van der Waals surface area contributed by atoms with E-state index in [2.05, 4.69) is 79.8 Å². The predicted octanol–water partition coefficient (Wildman–Crippen LogP) is 7.16. The molecular weight excluding hydrogens is 412 g/mol. The van der Waals surface area contributed by atoms with E-state index in [-0.39, 0.29) is 5.41 Å². The van der Waals surface area contributed by atoms with E-state index >= 15 is 0 Å². The number of nitrogens with two attached hydrogens (primary N) is 2. The van der Waals surface area contributed by atoms with Gasteiger partial charge >= 0.3 is 0 Å². The Kier molecular flexibility index (Phi) is 6.15. The molecule has 172 valence electrons. The zero-order chi connectivity index (χ0) is 23.5. The number of hydrogen-bond acceptors (Lipinski definition) is 2. The molecule has 2 nitrogen and oxygen atoms in total. The summed E-state index contributed by atoms with van der Waals surface area (Å²) in [6, 6.07) is 25.7. The summed E-state index contributed by atoms with van der Waals surface area (Å²) in [4.78, 5) is 0. The minimum absolute atomic E-state index is 0.0696. The highest BCUT2D eigenvalue weighted by molar-refractivity contribution is 5.47. The summed E-state index contributed by atoms with van der Waals surface area (Å²) in [5.41, 5.74) is 21.7. The van der Waals surface area contributed by atoms with Gasteiger partial charge in [0.1, 0.15) is 0 Å². The van der Waals surface area contributed by atoms with Gasteiger partial charge in [-0.05, 0) is 83.7 Å². The summed E-state index contributed by atoms with van der Waals surface area (Å²) < 4.78 is 0. The molecule has 2 aliphatic rings. The molecule has 1 saturated carbocycles. The number of benzene rings is 3. The van der Waals surface area contributed by atoms with E-state index in [0.717, 1.165) is 24.2 Å². The van der Waals surface area contributed by atoms with Gasteiger partial charge in [0.15, 0.2) is 0 Å². The maximum Gasteiger partial charge on any atom is 0.0314 e. The molecule has 2 atom stereocenters. The molecule has 0 radical (unpaired) electrons. The van der Waals surface area contributed by atoms with Crippen LogP contribution >= 0.6 is 0 Å². The highest BCUT2D eigenvalue weighted by Gasteiger charge is 2.37. The second kappa shape index (κ2) is 9.38. The fourth-order valence-electron chi connectivity index (χ4n) is 5.55. The maximum absolute atomic E-state index is 5.86. The monoisotopic (exact) mass is 446 g/mol. The SMILES string of the molecule is CC1(c2ccc(Cc3ccc(N)cc3)cc2)CCCC2C=CC(Cc3ccc(N)cc3)=CC=C21. The molecule has 2 unspecified atom stereocenters. The molecule has 3 aromatic rings. The molecule has 34 heavy (non-hydrogen) atoms. The Morgan fingerprint density at radius 1 is 0.735 bits per heavy atom. The van der Waals surface area contributed by atoms with E-state index in [9.17, 15) is 0 Å². The van der Waals surface area contributed by atoms with Gasteiger partial charge in [0.2, 0.25) is 0 Å². The molecule has 1 fully saturated rings. The van der Waals surface area contributed by atoms with Gasteiger partial charge in [-0.25, -0.2) is 0 Å². The first kappa shape index (κ1) is 22.3. The van der Waals surface area contributed by atoms with Crippen LogP contribution in [-0.4, -0.2) is 0 Å². The maximum atomic E-state index is 5.86. The van der Waals surface area contributed by atoms with E-state index < -0.39 is 0 Å². The zero-order valence-corrected chi connectivity index (χ0v) is 20.0. The second-order valence-corrected chi connectivity index (χ2v) is 10.1. The van der Waals surface area contributed by atoms with Crippen LogP contribution in [0, 0.1) is 5.92 Å². The van der Waals surface area contributed by atoms with Gasteiger partial charge in [-0.3, -0.25) is 0 Å². The third kappa shape index (κ3) is 4.72. The van der Waals surface area contributed by atoms with E-state index in [4.69, 9.17) is 11.5 Å². The molecule has 0 heterocycles. The lowest BCUT2D eigenvalue weighted by molar-refractivity contribution is 0.372. The Balaban J connectivity index is 1.38. The molecule has 5 rings (SSSR count). The summed E-state index contributed by atoms with van der Waals surface area (Å²) in [5.74, 6) is 0.508. The van der Waals surface area contributed by atoms with Crippen molar-refractivity contribution in [1.29, 1.82) is 0 Å². The minimum atomic E-state index is 0.0696. The van der Waals surface area contributed by atoms with Crippen LogP contribution in [0.15, 0.2) is 108 Å². The third-order valence-corrected chi connectivity index (χ3v) is 7.62. The van der Waals surface area contributed by atoms with E-state index in [1.165, 1.54) is 47.1 Å². The number of anilines is 2. The largest absolute Gasteiger partial charge is 0.399 e. The zero-order valence-electron chi connectivity index (χ0n) is 20.0. The molecule has 0 aliphatic heterocycles. The van der Waals surface area contributed by atoms with Gasteiger partial charge in [-0.15, -0.1) is 0 Å². The Morgan fingerprint density at radius 2 is 1.29 bits per heavy atom. The van der Waals surface area contributed by atoms with Crippen LogP contribution in [0.4, 0.5) is 11.4 Å². The number of rotatable bonds is 5. The quantitative estimate of drug-likeness (QED) is 0.408. The van der Waals surface area contributed by atoms with Crippen molar-refractivity contribution in [3.63, 3.8) is 0 Å². The van der Waals surface area contributed by atoms with Crippen molar-refractivity contribution in [2.24, 2.45) is 5.92 Å². The first-order valence-electron chi connectivity index (χ1n) is 12.4. The minimum Gasteiger partial charge on any atom is -0.399 e. The average molecular weight is 447 g/mol. The molecule has 2 heteroatoms. The molecule has 3 aromatic carbocycles. The standard InChI is InChI=1S/C32H34N2/c1-32(28-13-5-24(6-14-28)22-26-9-17-30(34)18-10-26)20-2-3-27-12-4-23(11-19-31(27)32)21-25-7-15-29(33)16-8-25/h4-19,27H,2-3,20-22,33-34H2,1H3. The highest BCUT2D eigenvalue weighted by atomic mass is 14.5. The van der Waals surface area contributed by atoms with Gasteiger partial charge in [0.25, 0.3) is 0 Å². The van der Waals surface area contributed by atoms with Crippen LogP contribution in [0.2, 0.25) is 0 Å². The second-order valence-electron chi connectivity index (χ2n) is 10.1. The summed E-state index contributed by atoms with van der Waals surface area (Å²) in [6.45, 7) is 2.44. The molecule has 0 amide bonds. The summed E-state index contributed by atoms with van der Waals surface area (Å²) in [7, 11) is 0. The Bertz CT molecular complexity index is 1230. The lowest BCUT2D eigenvalue weighted by Crippen LogP contribution is -2.32. The molecule has 0 aromatic heterocycles. The van der Waals surface area contributed by atoms with Crippen molar-refractivity contribution in [3.8, 4) is 0 Å². The normalized spacial score (nSPS) is 21.9. The number of allylic oxidation sites excluding steroid dienone is 6. The van der Waals surface area contributed by atoms with Gasteiger partial charge in [-0.1, -0.05) is 91.8 Å². The molecule has 0 bridgehead atoms. The first-order valence-corrected chi connectivity index (χ1v) is 12.4. The lowest BCUT2D eigenvalue weighted by Gasteiger charge is -2.41. The molecule has 0 saturated heterocycles. The summed E-state index contributed by atoms with van der Waals surface area (Å²) in [5, 5.41) is 0. The van der Waals surface area contributed by atoms with Gasteiger partial charge in [0.05, 0.1) is 0 Å². The number of nitrogen functional groups attached to an aromatic ring is 2. The van der Waals surface area contributed by atoms with Crippen molar-refractivity contribution in [1.82, 2.24) is 0 Å². The van der Waals surface area contributed by atoms with Crippen LogP contribution in [0.3, 0.4) is 0 Å². The average Bonchev–Trinajstić information content (AvgIpc) is 3.06. The fraction of sp³-hybridized carbons (Fsp3) is 0.250. The van der Waals surface area contributed by atoms with Gasteiger partial charge < -0.3 is 11.5 Å². The van der Waals surface area contributed by atoms with Crippen LogP contribution < -0.4 is 11.5 Å². The molecule has 4 N–H and O–H groups in total. The Labute approximate surface area is 203 Å². The number of hydrogen-bond donors (Lipinski definition) is 2. The predicted molar refractivity (Wildman–Crippen MR) is 145 cm³/mol. The van der Waals surface area contributed by atoms with Crippen molar-refractivity contribution in [3.05, 3.63) is 131 Å². The molecule has 0 spiro atoms.